The summed E-state index contributed by atoms with van der Waals surface area (Å²) in [5, 5.41) is 4.52. The van der Waals surface area contributed by atoms with E-state index in [1.807, 2.05) is 30.3 Å². The Morgan fingerprint density at radius 1 is 1.00 bits per heavy atom. The second-order valence-electron chi connectivity index (χ2n) is 4.19. The third-order valence-electron chi connectivity index (χ3n) is 3.21. The number of nitrogens with one attached hydrogen (secondary N) is 1. The molecule has 1 aromatic rings. The lowest BCUT2D eigenvalue weighted by molar-refractivity contribution is 0.705. The zero-order chi connectivity index (χ0) is 10.1. The quantitative estimate of drug-likeness (QED) is 0.573. The van der Waals surface area contributed by atoms with Gasteiger partial charge in [0.15, 0.2) is 0 Å². The van der Waals surface area contributed by atoms with Crippen LogP contribution in [0.1, 0.15) is 12.8 Å². The fourth-order valence-corrected chi connectivity index (χ4v) is 2.40. The molecule has 1 aromatic carbocycles. The lowest BCUT2D eigenvalue weighted by Crippen LogP contribution is -2.08. The van der Waals surface area contributed by atoms with Crippen LogP contribution in [0.15, 0.2) is 47.6 Å². The molecule has 15 heavy (non-hydrogen) atoms. The maximum absolute atomic E-state index is 4.52. The molecule has 0 aromatic heterocycles. The molecule has 1 fully saturated rings. The first kappa shape index (κ1) is 8.72. The predicted octanol–water partition coefficient (Wildman–Crippen LogP) is 3.05. The summed E-state index contributed by atoms with van der Waals surface area (Å²) in [6.45, 7) is 0. The first-order chi connectivity index (χ1) is 7.43. The van der Waals surface area contributed by atoms with Gasteiger partial charge in [-0.2, -0.15) is 5.10 Å². The molecule has 2 atom stereocenters. The van der Waals surface area contributed by atoms with E-state index in [2.05, 4.69) is 22.7 Å². The number of hydrazone groups is 1. The van der Waals surface area contributed by atoms with Gasteiger partial charge in [-0.3, -0.25) is 5.43 Å². The van der Waals surface area contributed by atoms with E-state index in [0.29, 0.717) is 11.8 Å². The van der Waals surface area contributed by atoms with Crippen molar-refractivity contribution in [3.63, 3.8) is 0 Å². The molecule has 0 aliphatic heterocycles. The summed E-state index contributed by atoms with van der Waals surface area (Å²) in [4.78, 5) is 0. The van der Waals surface area contributed by atoms with Gasteiger partial charge >= 0.3 is 0 Å². The van der Waals surface area contributed by atoms with E-state index >= 15 is 0 Å². The third-order valence-corrected chi connectivity index (χ3v) is 3.21. The van der Waals surface area contributed by atoms with Gasteiger partial charge in [-0.25, -0.2) is 0 Å². The number of nitrogens with zero attached hydrogens (tertiary/aromatic N) is 1. The Morgan fingerprint density at radius 2 is 1.67 bits per heavy atom. The molecule has 0 spiro atoms. The minimum Gasteiger partial charge on any atom is -0.279 e. The first-order valence-electron chi connectivity index (χ1n) is 5.50. The second-order valence-corrected chi connectivity index (χ2v) is 4.19. The molecular formula is C13H14N2. The van der Waals surface area contributed by atoms with Crippen molar-refractivity contribution < 1.29 is 0 Å². The van der Waals surface area contributed by atoms with Gasteiger partial charge < -0.3 is 0 Å². The summed E-state index contributed by atoms with van der Waals surface area (Å²) in [6, 6.07) is 10.1. The van der Waals surface area contributed by atoms with Crippen LogP contribution in [0.25, 0.3) is 0 Å². The number of para-hydroxylation sites is 1. The molecule has 2 bridgehead atoms. The molecule has 2 nitrogen and oxygen atoms in total. The van der Waals surface area contributed by atoms with Crippen molar-refractivity contribution in [3.8, 4) is 0 Å². The molecule has 0 radical (unpaired) electrons. The zero-order valence-corrected chi connectivity index (χ0v) is 8.56. The molecule has 2 unspecified atom stereocenters. The lowest BCUT2D eigenvalue weighted by atomic mass is 10.1. The highest BCUT2D eigenvalue weighted by Crippen LogP contribution is 2.36. The Balaban J connectivity index is 1.74. The van der Waals surface area contributed by atoms with Crippen LogP contribution in [0.3, 0.4) is 0 Å². The topological polar surface area (TPSA) is 24.4 Å². The van der Waals surface area contributed by atoms with Crippen LogP contribution in [0.4, 0.5) is 5.69 Å². The minimum atomic E-state index is 0.603. The number of rotatable bonds is 2. The van der Waals surface area contributed by atoms with Gasteiger partial charge in [0.25, 0.3) is 0 Å². The maximum atomic E-state index is 4.52. The van der Waals surface area contributed by atoms with Crippen molar-refractivity contribution in [2.45, 2.75) is 12.8 Å². The van der Waals surface area contributed by atoms with Gasteiger partial charge in [-0.05, 0) is 25.0 Å². The molecule has 2 aliphatic rings. The van der Waals surface area contributed by atoms with E-state index in [-0.39, 0.29) is 0 Å². The highest BCUT2D eigenvalue weighted by molar-refractivity contribution is 5.96. The molecule has 1 saturated carbocycles. The van der Waals surface area contributed by atoms with Crippen molar-refractivity contribution in [1.82, 2.24) is 0 Å². The number of fused-ring (bicyclic) bond motifs is 2. The predicted molar refractivity (Wildman–Crippen MR) is 62.9 cm³/mol. The van der Waals surface area contributed by atoms with Crippen molar-refractivity contribution in [2.75, 3.05) is 5.43 Å². The number of hydrogen-bond acceptors (Lipinski definition) is 2. The van der Waals surface area contributed by atoms with Crippen LogP contribution in [0.2, 0.25) is 0 Å². The van der Waals surface area contributed by atoms with Crippen LogP contribution in [0, 0.1) is 11.8 Å². The van der Waals surface area contributed by atoms with E-state index in [1.54, 1.807) is 0 Å². The summed E-state index contributed by atoms with van der Waals surface area (Å²) >= 11 is 0. The fourth-order valence-electron chi connectivity index (χ4n) is 2.40. The average molecular weight is 198 g/mol. The Bertz CT molecular complexity index is 390. The van der Waals surface area contributed by atoms with Crippen LogP contribution >= 0.6 is 0 Å². The molecule has 3 rings (SSSR count). The van der Waals surface area contributed by atoms with Gasteiger partial charge in [0, 0.05) is 11.8 Å². The lowest BCUT2D eigenvalue weighted by Gasteiger charge is -2.04. The monoisotopic (exact) mass is 198 g/mol. The average Bonchev–Trinajstić information content (AvgIpc) is 2.87. The summed E-state index contributed by atoms with van der Waals surface area (Å²) in [5.74, 6) is 1.21. The number of benzene rings is 1. The van der Waals surface area contributed by atoms with E-state index in [1.165, 1.54) is 18.6 Å². The first-order valence-corrected chi connectivity index (χ1v) is 5.50. The summed E-state index contributed by atoms with van der Waals surface area (Å²) in [6.07, 6.45) is 7.13. The largest absolute Gasteiger partial charge is 0.279 e. The minimum absolute atomic E-state index is 0.603. The fraction of sp³-hybridized carbons (Fsp3) is 0.308. The Labute approximate surface area is 89.7 Å². The molecule has 0 amide bonds. The molecule has 0 heterocycles. The van der Waals surface area contributed by atoms with Gasteiger partial charge in [-0.15, -0.1) is 0 Å². The van der Waals surface area contributed by atoms with Crippen molar-refractivity contribution in [1.29, 1.82) is 0 Å². The second kappa shape index (κ2) is 3.54. The van der Waals surface area contributed by atoms with Gasteiger partial charge in [0.2, 0.25) is 0 Å². The smallest absolute Gasteiger partial charge is 0.0561 e. The molecule has 1 N–H and O–H groups in total. The highest BCUT2D eigenvalue weighted by Gasteiger charge is 2.33. The normalized spacial score (nSPS) is 27.1. The van der Waals surface area contributed by atoms with Gasteiger partial charge in [0.05, 0.1) is 11.4 Å². The van der Waals surface area contributed by atoms with Crippen molar-refractivity contribution in [3.05, 3.63) is 42.5 Å². The van der Waals surface area contributed by atoms with Crippen LogP contribution in [-0.2, 0) is 0 Å². The Kier molecular flexibility index (Phi) is 2.05. The standard InChI is InChI=1S/C13H14N2/c1-2-4-12(5-3-1)14-15-13-10-6-7-11(13)9-8-10/h1-7,10-11,14H,8-9H2. The SMILES string of the molecule is C1=CC2CCC1C2=NNc1ccccc1. The molecular weight excluding hydrogens is 184 g/mol. The third kappa shape index (κ3) is 1.56. The van der Waals surface area contributed by atoms with Gasteiger partial charge in [0.1, 0.15) is 0 Å². The number of hydrogen-bond donors (Lipinski definition) is 1. The van der Waals surface area contributed by atoms with Crippen molar-refractivity contribution in [2.24, 2.45) is 16.9 Å². The Hall–Kier alpha value is -1.57. The molecule has 2 aliphatic carbocycles. The van der Waals surface area contributed by atoms with E-state index in [0.717, 1.165) is 5.69 Å². The summed E-state index contributed by atoms with van der Waals surface area (Å²) < 4.78 is 0. The van der Waals surface area contributed by atoms with Crippen LogP contribution < -0.4 is 5.43 Å². The molecule has 76 valence electrons. The molecule has 2 heteroatoms. The Morgan fingerprint density at radius 3 is 2.27 bits per heavy atom. The van der Waals surface area contributed by atoms with Crippen LogP contribution in [-0.4, -0.2) is 5.71 Å². The van der Waals surface area contributed by atoms with Gasteiger partial charge in [-0.1, -0.05) is 30.4 Å². The number of allylic oxidation sites excluding steroid dienone is 2. The maximum Gasteiger partial charge on any atom is 0.0561 e. The van der Waals surface area contributed by atoms with E-state index in [9.17, 15) is 0 Å². The van der Waals surface area contributed by atoms with Crippen LogP contribution in [0.5, 0.6) is 0 Å². The highest BCUT2D eigenvalue weighted by atomic mass is 15.3. The zero-order valence-electron chi connectivity index (χ0n) is 8.56. The molecule has 0 saturated heterocycles. The van der Waals surface area contributed by atoms with E-state index in [4.69, 9.17) is 0 Å². The summed E-state index contributed by atoms with van der Waals surface area (Å²) in [7, 11) is 0. The summed E-state index contributed by atoms with van der Waals surface area (Å²) in [5.41, 5.74) is 5.52. The van der Waals surface area contributed by atoms with Crippen molar-refractivity contribution >= 4 is 11.4 Å². The number of anilines is 1. The van der Waals surface area contributed by atoms with E-state index < -0.39 is 0 Å².